The second kappa shape index (κ2) is 5.24. The molecule has 2 aromatic carbocycles. The van der Waals surface area contributed by atoms with E-state index in [0.717, 1.165) is 17.1 Å². The highest BCUT2D eigenvalue weighted by Crippen LogP contribution is 2.37. The lowest BCUT2D eigenvalue weighted by atomic mass is 9.83. The van der Waals surface area contributed by atoms with Crippen LogP contribution in [0.15, 0.2) is 54.6 Å². The first kappa shape index (κ1) is 13.7. The van der Waals surface area contributed by atoms with Gasteiger partial charge in [0.05, 0.1) is 0 Å². The minimum absolute atomic E-state index is 0.111. The average Bonchev–Trinajstić information content (AvgIpc) is 2.73. The molecule has 1 amide bonds. The Balaban J connectivity index is 1.85. The normalized spacial score (nSPS) is 20.1. The summed E-state index contributed by atoms with van der Waals surface area (Å²) in [6.07, 6.45) is 0.530. The number of amides is 1. The molecule has 2 aromatic rings. The molecule has 21 heavy (non-hydrogen) atoms. The molecule has 1 unspecified atom stereocenters. The van der Waals surface area contributed by atoms with Crippen molar-refractivity contribution in [3.05, 3.63) is 60.2 Å². The van der Waals surface area contributed by atoms with E-state index < -0.39 is 0 Å². The van der Waals surface area contributed by atoms with Crippen LogP contribution in [0.25, 0.3) is 0 Å². The molecule has 1 aliphatic heterocycles. The summed E-state index contributed by atoms with van der Waals surface area (Å²) in [4.78, 5) is 11.7. The molecule has 1 saturated heterocycles. The van der Waals surface area contributed by atoms with Crippen molar-refractivity contribution >= 4 is 5.91 Å². The number of carbonyl (C=O) groups is 1. The first-order valence-electron chi connectivity index (χ1n) is 7.18. The van der Waals surface area contributed by atoms with Gasteiger partial charge in [-0.2, -0.15) is 0 Å². The molecule has 1 aliphatic rings. The number of carbonyl (C=O) groups excluding carboxylic acids is 1. The van der Waals surface area contributed by atoms with E-state index in [2.05, 4.69) is 25.2 Å². The SMILES string of the molecule is CC1(C)NC(=O)CC1c1cccc(Oc2ccccc2)c1. The summed E-state index contributed by atoms with van der Waals surface area (Å²) in [7, 11) is 0. The molecule has 1 N–H and O–H groups in total. The Labute approximate surface area is 124 Å². The van der Waals surface area contributed by atoms with Gasteiger partial charge in [-0.05, 0) is 43.7 Å². The molecule has 1 atom stereocenters. The summed E-state index contributed by atoms with van der Waals surface area (Å²) in [5, 5.41) is 3.03. The fourth-order valence-electron chi connectivity index (χ4n) is 2.89. The van der Waals surface area contributed by atoms with Crippen LogP contribution in [0.1, 0.15) is 31.7 Å². The quantitative estimate of drug-likeness (QED) is 0.927. The smallest absolute Gasteiger partial charge is 0.221 e. The monoisotopic (exact) mass is 281 g/mol. The summed E-state index contributed by atoms with van der Waals surface area (Å²) in [6.45, 7) is 4.13. The number of hydrogen-bond donors (Lipinski definition) is 1. The third-order valence-electron chi connectivity index (χ3n) is 3.96. The zero-order valence-electron chi connectivity index (χ0n) is 12.3. The highest BCUT2D eigenvalue weighted by atomic mass is 16.5. The van der Waals surface area contributed by atoms with Gasteiger partial charge in [-0.1, -0.05) is 30.3 Å². The lowest BCUT2D eigenvalue weighted by molar-refractivity contribution is -0.119. The number of rotatable bonds is 3. The van der Waals surface area contributed by atoms with Crippen molar-refractivity contribution in [1.82, 2.24) is 5.32 Å². The van der Waals surface area contributed by atoms with E-state index in [1.54, 1.807) is 0 Å². The highest BCUT2D eigenvalue weighted by molar-refractivity contribution is 5.81. The van der Waals surface area contributed by atoms with Crippen molar-refractivity contribution in [2.75, 3.05) is 0 Å². The molecular weight excluding hydrogens is 262 g/mol. The van der Waals surface area contributed by atoms with Crippen LogP contribution in [-0.4, -0.2) is 11.4 Å². The Morgan fingerprint density at radius 2 is 1.76 bits per heavy atom. The van der Waals surface area contributed by atoms with Crippen LogP contribution in [0.4, 0.5) is 0 Å². The fraction of sp³-hybridized carbons (Fsp3) is 0.278. The Morgan fingerprint density at radius 1 is 1.05 bits per heavy atom. The maximum absolute atomic E-state index is 11.7. The summed E-state index contributed by atoms with van der Waals surface area (Å²) in [6, 6.07) is 17.7. The topological polar surface area (TPSA) is 38.3 Å². The van der Waals surface area contributed by atoms with E-state index in [4.69, 9.17) is 4.74 Å². The minimum atomic E-state index is -0.220. The Kier molecular flexibility index (Phi) is 3.42. The Bertz CT molecular complexity index is 649. The number of hydrogen-bond acceptors (Lipinski definition) is 2. The van der Waals surface area contributed by atoms with Crippen LogP contribution < -0.4 is 10.1 Å². The Hall–Kier alpha value is -2.29. The summed E-state index contributed by atoms with van der Waals surface area (Å²) < 4.78 is 5.87. The van der Waals surface area contributed by atoms with Crippen molar-refractivity contribution in [3.8, 4) is 11.5 Å². The zero-order chi connectivity index (χ0) is 14.9. The van der Waals surface area contributed by atoms with Crippen molar-refractivity contribution in [3.63, 3.8) is 0 Å². The molecule has 3 rings (SSSR count). The zero-order valence-corrected chi connectivity index (χ0v) is 12.3. The van der Waals surface area contributed by atoms with Crippen LogP contribution >= 0.6 is 0 Å². The van der Waals surface area contributed by atoms with Gasteiger partial charge in [0.25, 0.3) is 0 Å². The molecular formula is C18H19NO2. The van der Waals surface area contributed by atoms with Crippen molar-refractivity contribution in [2.45, 2.75) is 31.7 Å². The molecule has 0 spiro atoms. The van der Waals surface area contributed by atoms with Crippen LogP contribution in [0.3, 0.4) is 0 Å². The van der Waals surface area contributed by atoms with E-state index in [1.165, 1.54) is 0 Å². The van der Waals surface area contributed by atoms with E-state index in [-0.39, 0.29) is 17.4 Å². The predicted molar refractivity (Wildman–Crippen MR) is 82.5 cm³/mol. The number of nitrogens with one attached hydrogen (secondary N) is 1. The van der Waals surface area contributed by atoms with Gasteiger partial charge in [-0.15, -0.1) is 0 Å². The summed E-state index contributed by atoms with van der Waals surface area (Å²) in [5.41, 5.74) is 0.911. The van der Waals surface area contributed by atoms with Crippen LogP contribution in [-0.2, 0) is 4.79 Å². The molecule has 0 aliphatic carbocycles. The van der Waals surface area contributed by atoms with Gasteiger partial charge in [-0.25, -0.2) is 0 Å². The van der Waals surface area contributed by atoms with Gasteiger partial charge in [0.15, 0.2) is 0 Å². The molecule has 3 nitrogen and oxygen atoms in total. The molecule has 0 radical (unpaired) electrons. The van der Waals surface area contributed by atoms with Crippen LogP contribution in [0.2, 0.25) is 0 Å². The molecule has 1 heterocycles. The molecule has 0 saturated carbocycles. The second-order valence-corrected chi connectivity index (χ2v) is 6.01. The van der Waals surface area contributed by atoms with E-state index >= 15 is 0 Å². The second-order valence-electron chi connectivity index (χ2n) is 6.01. The summed E-state index contributed by atoms with van der Waals surface area (Å²) in [5.74, 6) is 1.90. The average molecular weight is 281 g/mol. The lowest BCUT2D eigenvalue weighted by Crippen LogP contribution is -2.38. The van der Waals surface area contributed by atoms with Crippen LogP contribution in [0, 0.1) is 0 Å². The first-order chi connectivity index (χ1) is 10.0. The molecule has 108 valence electrons. The number of ether oxygens (including phenoxy) is 1. The molecule has 0 bridgehead atoms. The van der Waals surface area contributed by atoms with Gasteiger partial charge in [-0.3, -0.25) is 4.79 Å². The summed E-state index contributed by atoms with van der Waals surface area (Å²) >= 11 is 0. The van der Waals surface area contributed by atoms with E-state index in [0.29, 0.717) is 6.42 Å². The largest absolute Gasteiger partial charge is 0.457 e. The van der Waals surface area contributed by atoms with Crippen molar-refractivity contribution < 1.29 is 9.53 Å². The lowest BCUT2D eigenvalue weighted by Gasteiger charge is -2.26. The maximum Gasteiger partial charge on any atom is 0.221 e. The number of benzene rings is 2. The number of para-hydroxylation sites is 1. The van der Waals surface area contributed by atoms with Crippen molar-refractivity contribution in [1.29, 1.82) is 0 Å². The van der Waals surface area contributed by atoms with E-state index in [1.807, 2.05) is 48.5 Å². The molecule has 3 heteroatoms. The molecule has 0 aromatic heterocycles. The third-order valence-corrected chi connectivity index (χ3v) is 3.96. The first-order valence-corrected chi connectivity index (χ1v) is 7.18. The fourth-order valence-corrected chi connectivity index (χ4v) is 2.89. The van der Waals surface area contributed by atoms with Crippen molar-refractivity contribution in [2.24, 2.45) is 0 Å². The van der Waals surface area contributed by atoms with Crippen LogP contribution in [0.5, 0.6) is 11.5 Å². The van der Waals surface area contributed by atoms with Gasteiger partial charge >= 0.3 is 0 Å². The predicted octanol–water partition coefficient (Wildman–Crippen LogP) is 3.86. The van der Waals surface area contributed by atoms with E-state index in [9.17, 15) is 4.79 Å². The minimum Gasteiger partial charge on any atom is -0.457 e. The van der Waals surface area contributed by atoms with Gasteiger partial charge in [0, 0.05) is 17.9 Å². The Morgan fingerprint density at radius 3 is 2.43 bits per heavy atom. The maximum atomic E-state index is 11.7. The highest BCUT2D eigenvalue weighted by Gasteiger charge is 2.39. The van der Waals surface area contributed by atoms with Gasteiger partial charge in [0.1, 0.15) is 11.5 Å². The van der Waals surface area contributed by atoms with Gasteiger partial charge < -0.3 is 10.1 Å². The molecule has 1 fully saturated rings. The standard InChI is InChI=1S/C18H19NO2/c1-18(2)16(12-17(20)19-18)13-7-6-10-15(11-13)21-14-8-4-3-5-9-14/h3-11,16H,12H2,1-2H3,(H,19,20). The third kappa shape index (κ3) is 2.92. The van der Waals surface area contributed by atoms with Gasteiger partial charge in [0.2, 0.25) is 5.91 Å².